The van der Waals surface area contributed by atoms with E-state index in [1.54, 1.807) is 24.5 Å². The number of carbonyl (C=O) groups is 1. The molecule has 0 saturated carbocycles. The van der Waals surface area contributed by atoms with Gasteiger partial charge in [0.25, 0.3) is 5.56 Å². The first-order chi connectivity index (χ1) is 15.5. The number of rotatable bonds is 7. The predicted octanol–water partition coefficient (Wildman–Crippen LogP) is 0.472. The highest BCUT2D eigenvalue weighted by Crippen LogP contribution is 2.12. The molecule has 10 heteroatoms. The smallest absolute Gasteiger partial charge is 0.338 e. The van der Waals surface area contributed by atoms with E-state index >= 15 is 0 Å². The quantitative estimate of drug-likeness (QED) is 0.322. The van der Waals surface area contributed by atoms with Crippen molar-refractivity contribution in [1.29, 1.82) is 0 Å². The number of carbonyl (C=O) groups excluding carboxylic acids is 1. The minimum Gasteiger partial charge on any atom is -0.338 e. The Balaban J connectivity index is 1.36. The van der Waals surface area contributed by atoms with Crippen molar-refractivity contribution in [3.8, 4) is 0 Å². The van der Waals surface area contributed by atoms with Crippen molar-refractivity contribution in [3.05, 3.63) is 63.1 Å². The van der Waals surface area contributed by atoms with E-state index in [-0.39, 0.29) is 17.7 Å². The van der Waals surface area contributed by atoms with Crippen molar-refractivity contribution in [2.24, 2.45) is 0 Å². The van der Waals surface area contributed by atoms with E-state index in [2.05, 4.69) is 19.8 Å². The summed E-state index contributed by atoms with van der Waals surface area (Å²) in [7, 11) is 0. The number of unbranched alkanes of at least 4 members (excludes halogenated alkanes) is 1. The normalized spacial score (nSPS) is 14.7. The van der Waals surface area contributed by atoms with Crippen LogP contribution in [0.25, 0.3) is 10.9 Å². The van der Waals surface area contributed by atoms with Gasteiger partial charge in [-0.05, 0) is 50.6 Å². The number of Topliss-reactive ketones (excluding diaryl/α,β-unsaturated/α-hetero) is 1. The van der Waals surface area contributed by atoms with Crippen molar-refractivity contribution in [2.45, 2.75) is 26.3 Å². The second kappa shape index (κ2) is 9.31. The maximum Gasteiger partial charge on any atom is 0.349 e. The molecule has 0 unspecified atom stereocenters. The molecule has 1 saturated heterocycles. The molecule has 32 heavy (non-hydrogen) atoms. The van der Waals surface area contributed by atoms with E-state index in [1.165, 1.54) is 13.0 Å². The average molecular weight is 438 g/mol. The SMILES string of the molecule is CC(=O)c1ccc2c(c1)c(=O)n(CCCCN1CCN(c3ncccn3)CC1)c(=O)n2N. The average Bonchev–Trinajstić information content (AvgIpc) is 2.82. The van der Waals surface area contributed by atoms with E-state index < -0.39 is 11.2 Å². The van der Waals surface area contributed by atoms with Gasteiger partial charge < -0.3 is 10.7 Å². The van der Waals surface area contributed by atoms with Crippen molar-refractivity contribution in [1.82, 2.24) is 24.1 Å². The molecule has 10 nitrogen and oxygen atoms in total. The first kappa shape index (κ1) is 21.7. The molecule has 0 spiro atoms. The summed E-state index contributed by atoms with van der Waals surface area (Å²) >= 11 is 0. The van der Waals surface area contributed by atoms with Crippen LogP contribution in [0, 0.1) is 0 Å². The molecule has 1 fully saturated rings. The van der Waals surface area contributed by atoms with Gasteiger partial charge in [0.2, 0.25) is 5.95 Å². The summed E-state index contributed by atoms with van der Waals surface area (Å²) in [6.45, 7) is 6.17. The van der Waals surface area contributed by atoms with Crippen LogP contribution >= 0.6 is 0 Å². The molecule has 2 aromatic heterocycles. The van der Waals surface area contributed by atoms with E-state index in [0.717, 1.165) is 54.3 Å². The molecular formula is C22H27N7O3. The van der Waals surface area contributed by atoms with Crippen molar-refractivity contribution in [3.63, 3.8) is 0 Å². The monoisotopic (exact) mass is 437 g/mol. The van der Waals surface area contributed by atoms with Crippen molar-refractivity contribution >= 4 is 22.6 Å². The fraction of sp³-hybridized carbons (Fsp3) is 0.409. The first-order valence-corrected chi connectivity index (χ1v) is 10.8. The fourth-order valence-electron chi connectivity index (χ4n) is 4.03. The summed E-state index contributed by atoms with van der Waals surface area (Å²) in [6, 6.07) is 6.43. The molecule has 3 aromatic rings. The molecule has 0 aliphatic carbocycles. The molecular weight excluding hydrogens is 410 g/mol. The van der Waals surface area contributed by atoms with Crippen LogP contribution in [0.3, 0.4) is 0 Å². The standard InChI is InChI=1S/C22H27N7O3/c1-16(30)17-5-6-19-18(15-17)20(31)28(22(32)29(19)23)10-3-2-9-26-11-13-27(14-12-26)21-24-7-4-8-25-21/h4-8,15H,2-3,9-14,23H2,1H3. The number of fused-ring (bicyclic) bond motifs is 1. The van der Waals surface area contributed by atoms with Gasteiger partial charge in [-0.2, -0.15) is 0 Å². The van der Waals surface area contributed by atoms with Gasteiger partial charge in [-0.15, -0.1) is 0 Å². The van der Waals surface area contributed by atoms with E-state index in [0.29, 0.717) is 17.5 Å². The van der Waals surface area contributed by atoms with Crippen molar-refractivity contribution < 1.29 is 4.79 Å². The number of benzene rings is 1. The molecule has 0 radical (unpaired) electrons. The second-order valence-corrected chi connectivity index (χ2v) is 7.98. The molecule has 0 amide bonds. The van der Waals surface area contributed by atoms with Crippen LogP contribution in [0.15, 0.2) is 46.2 Å². The maximum atomic E-state index is 12.9. The van der Waals surface area contributed by atoms with Gasteiger partial charge in [0.1, 0.15) is 0 Å². The zero-order valence-corrected chi connectivity index (χ0v) is 18.1. The summed E-state index contributed by atoms with van der Waals surface area (Å²) in [5.41, 5.74) is -0.220. The number of anilines is 1. The molecule has 1 aromatic carbocycles. The summed E-state index contributed by atoms with van der Waals surface area (Å²) in [5.74, 6) is 6.54. The molecule has 1 aliphatic rings. The Morgan fingerprint density at radius 1 is 1.03 bits per heavy atom. The minimum absolute atomic E-state index is 0.147. The van der Waals surface area contributed by atoms with Gasteiger partial charge in [0.05, 0.1) is 10.9 Å². The third kappa shape index (κ3) is 4.40. The number of nitrogen functional groups attached to an aromatic ring is 1. The highest BCUT2D eigenvalue weighted by atomic mass is 16.2. The number of nitrogens with zero attached hydrogens (tertiary/aromatic N) is 6. The van der Waals surface area contributed by atoms with E-state index in [4.69, 9.17) is 5.84 Å². The maximum absolute atomic E-state index is 12.9. The van der Waals surface area contributed by atoms with Crippen LogP contribution in [0.4, 0.5) is 5.95 Å². The lowest BCUT2D eigenvalue weighted by Gasteiger charge is -2.34. The van der Waals surface area contributed by atoms with Crippen LogP contribution in [-0.2, 0) is 6.54 Å². The molecule has 168 valence electrons. The van der Waals surface area contributed by atoms with Crippen molar-refractivity contribution in [2.75, 3.05) is 43.5 Å². The lowest BCUT2D eigenvalue weighted by atomic mass is 10.1. The zero-order valence-electron chi connectivity index (χ0n) is 18.1. The Kier molecular flexibility index (Phi) is 6.31. The molecule has 0 atom stereocenters. The van der Waals surface area contributed by atoms with Crippen LogP contribution in [0.1, 0.15) is 30.1 Å². The van der Waals surface area contributed by atoms with Crippen LogP contribution in [-0.4, -0.2) is 62.6 Å². The highest BCUT2D eigenvalue weighted by molar-refractivity contribution is 5.97. The zero-order chi connectivity index (χ0) is 22.7. The number of hydrogen-bond donors (Lipinski definition) is 1. The van der Waals surface area contributed by atoms with Gasteiger partial charge >= 0.3 is 5.69 Å². The highest BCUT2D eigenvalue weighted by Gasteiger charge is 2.18. The summed E-state index contributed by atoms with van der Waals surface area (Å²) in [6.07, 6.45) is 5.03. The Bertz CT molecular complexity index is 1230. The minimum atomic E-state index is -0.547. The molecule has 2 N–H and O–H groups in total. The van der Waals surface area contributed by atoms with Crippen LogP contribution in [0.2, 0.25) is 0 Å². The van der Waals surface area contributed by atoms with Gasteiger partial charge in [-0.1, -0.05) is 0 Å². The summed E-state index contributed by atoms with van der Waals surface area (Å²) < 4.78 is 2.14. The van der Waals surface area contributed by atoms with Gasteiger partial charge in [-0.3, -0.25) is 19.1 Å². The Labute approximate surface area is 184 Å². The summed E-state index contributed by atoms with van der Waals surface area (Å²) in [4.78, 5) is 50.3. The second-order valence-electron chi connectivity index (χ2n) is 7.98. The number of hydrogen-bond acceptors (Lipinski definition) is 8. The van der Waals surface area contributed by atoms with E-state index in [9.17, 15) is 14.4 Å². The molecule has 1 aliphatic heterocycles. The largest absolute Gasteiger partial charge is 0.349 e. The number of nitrogens with two attached hydrogens (primary N) is 1. The third-order valence-corrected chi connectivity index (χ3v) is 5.89. The third-order valence-electron chi connectivity index (χ3n) is 5.89. The van der Waals surface area contributed by atoms with Gasteiger partial charge in [-0.25, -0.2) is 19.4 Å². The molecule has 0 bridgehead atoms. The summed E-state index contributed by atoms with van der Waals surface area (Å²) in [5, 5.41) is 0.277. The van der Waals surface area contributed by atoms with E-state index in [1.807, 2.05) is 6.07 Å². The van der Waals surface area contributed by atoms with Crippen LogP contribution in [0.5, 0.6) is 0 Å². The fourth-order valence-corrected chi connectivity index (χ4v) is 4.03. The van der Waals surface area contributed by atoms with Crippen LogP contribution < -0.4 is 22.0 Å². The lowest BCUT2D eigenvalue weighted by molar-refractivity contribution is 0.101. The molecule has 3 heterocycles. The van der Waals surface area contributed by atoms with Gasteiger partial charge in [0.15, 0.2) is 5.78 Å². The Morgan fingerprint density at radius 3 is 2.41 bits per heavy atom. The first-order valence-electron chi connectivity index (χ1n) is 10.8. The number of piperazine rings is 1. The van der Waals surface area contributed by atoms with Gasteiger partial charge in [0, 0.05) is 50.7 Å². The molecule has 4 rings (SSSR count). The Morgan fingerprint density at radius 2 is 1.72 bits per heavy atom. The Hall–Kier alpha value is -3.53. The predicted molar refractivity (Wildman–Crippen MR) is 123 cm³/mol. The lowest BCUT2D eigenvalue weighted by Crippen LogP contribution is -2.47. The topological polar surface area (TPSA) is 119 Å². The number of aromatic nitrogens is 4. The number of ketones is 1.